The molecule has 4 nitrogen and oxygen atoms in total. The summed E-state index contributed by atoms with van der Waals surface area (Å²) in [6.07, 6.45) is 7.54. The molecular formula is C13H23NO3. The van der Waals surface area contributed by atoms with E-state index in [1.54, 1.807) is 0 Å². The molecule has 0 radical (unpaired) electrons. The number of carboxylic acids is 1. The molecular weight excluding hydrogens is 218 g/mol. The summed E-state index contributed by atoms with van der Waals surface area (Å²) in [5.74, 6) is -0.718. The smallest absolute Gasteiger partial charge is 0.320 e. The highest BCUT2D eigenvalue weighted by Gasteiger charge is 2.36. The van der Waals surface area contributed by atoms with Gasteiger partial charge in [0.15, 0.2) is 0 Å². The third-order valence-electron chi connectivity index (χ3n) is 4.20. The molecule has 0 aromatic heterocycles. The molecule has 0 amide bonds. The Kier molecular flexibility index (Phi) is 4.40. The number of hydrogen-bond acceptors (Lipinski definition) is 3. The lowest BCUT2D eigenvalue weighted by Gasteiger charge is -2.40. The van der Waals surface area contributed by atoms with Crippen LogP contribution in [0.4, 0.5) is 0 Å². The molecule has 1 saturated carbocycles. The normalized spacial score (nSPS) is 36.4. The Labute approximate surface area is 103 Å². The summed E-state index contributed by atoms with van der Waals surface area (Å²) in [4.78, 5) is 13.4. The van der Waals surface area contributed by atoms with E-state index in [1.165, 1.54) is 0 Å². The summed E-state index contributed by atoms with van der Waals surface area (Å²) in [7, 11) is 0. The van der Waals surface area contributed by atoms with E-state index in [1.807, 2.05) is 0 Å². The van der Waals surface area contributed by atoms with Crippen LogP contribution in [-0.2, 0) is 4.79 Å². The van der Waals surface area contributed by atoms with Crippen LogP contribution in [0.5, 0.6) is 0 Å². The summed E-state index contributed by atoms with van der Waals surface area (Å²) in [6.45, 7) is 0.832. The quantitative estimate of drug-likeness (QED) is 0.771. The van der Waals surface area contributed by atoms with E-state index in [0.717, 1.165) is 57.9 Å². The van der Waals surface area contributed by atoms with Gasteiger partial charge in [0, 0.05) is 6.04 Å². The highest BCUT2D eigenvalue weighted by Crippen LogP contribution is 2.28. The third-order valence-corrected chi connectivity index (χ3v) is 4.20. The number of hydrogen-bond donors (Lipinski definition) is 2. The molecule has 1 heterocycles. The first-order chi connectivity index (χ1) is 8.20. The van der Waals surface area contributed by atoms with Crippen molar-refractivity contribution in [1.82, 2.24) is 4.90 Å². The number of aliphatic hydroxyl groups is 1. The zero-order chi connectivity index (χ0) is 12.3. The van der Waals surface area contributed by atoms with Gasteiger partial charge in [-0.2, -0.15) is 0 Å². The van der Waals surface area contributed by atoms with E-state index in [2.05, 4.69) is 4.90 Å². The summed E-state index contributed by atoms with van der Waals surface area (Å²) in [5, 5.41) is 19.4. The van der Waals surface area contributed by atoms with Crippen LogP contribution in [0.2, 0.25) is 0 Å². The van der Waals surface area contributed by atoms with Crippen molar-refractivity contribution >= 4 is 5.97 Å². The van der Waals surface area contributed by atoms with Gasteiger partial charge in [0.2, 0.25) is 0 Å². The lowest BCUT2D eigenvalue weighted by Crippen LogP contribution is -2.52. The van der Waals surface area contributed by atoms with E-state index in [0.29, 0.717) is 0 Å². The molecule has 3 unspecified atom stereocenters. The van der Waals surface area contributed by atoms with Gasteiger partial charge in [0.05, 0.1) is 6.10 Å². The number of carbonyl (C=O) groups is 1. The van der Waals surface area contributed by atoms with Gasteiger partial charge in [-0.05, 0) is 32.2 Å². The van der Waals surface area contributed by atoms with Crippen LogP contribution in [0, 0.1) is 0 Å². The highest BCUT2D eigenvalue weighted by molar-refractivity contribution is 5.73. The van der Waals surface area contributed by atoms with Gasteiger partial charge in [-0.25, -0.2) is 0 Å². The molecule has 3 atom stereocenters. The number of aliphatic carboxylic acids is 1. The molecule has 0 bridgehead atoms. The average molecular weight is 241 g/mol. The first-order valence-corrected chi connectivity index (χ1v) is 6.87. The SMILES string of the molecule is O=C(O)C1CCCCCN1C1CCCCC1O. The zero-order valence-corrected chi connectivity index (χ0v) is 10.3. The maximum absolute atomic E-state index is 11.3. The molecule has 4 heteroatoms. The molecule has 0 spiro atoms. The van der Waals surface area contributed by atoms with Crippen molar-refractivity contribution in [3.63, 3.8) is 0 Å². The fraction of sp³-hybridized carbons (Fsp3) is 0.923. The van der Waals surface area contributed by atoms with Crippen molar-refractivity contribution < 1.29 is 15.0 Å². The molecule has 2 N–H and O–H groups in total. The van der Waals surface area contributed by atoms with Crippen LogP contribution in [0.1, 0.15) is 51.4 Å². The third kappa shape index (κ3) is 2.99. The van der Waals surface area contributed by atoms with Crippen molar-refractivity contribution in [2.45, 2.75) is 69.6 Å². The van der Waals surface area contributed by atoms with Crippen LogP contribution in [0.25, 0.3) is 0 Å². The second-order valence-electron chi connectivity index (χ2n) is 5.36. The van der Waals surface area contributed by atoms with Crippen molar-refractivity contribution in [2.24, 2.45) is 0 Å². The topological polar surface area (TPSA) is 60.8 Å². The molecule has 98 valence electrons. The van der Waals surface area contributed by atoms with Crippen molar-refractivity contribution in [1.29, 1.82) is 0 Å². The van der Waals surface area contributed by atoms with E-state index in [4.69, 9.17) is 0 Å². The van der Waals surface area contributed by atoms with Crippen LogP contribution < -0.4 is 0 Å². The molecule has 2 fully saturated rings. The monoisotopic (exact) mass is 241 g/mol. The minimum atomic E-state index is -0.718. The van der Waals surface area contributed by atoms with E-state index in [9.17, 15) is 15.0 Å². The predicted octanol–water partition coefficient (Wildman–Crippen LogP) is 1.62. The van der Waals surface area contributed by atoms with Crippen molar-refractivity contribution in [3.8, 4) is 0 Å². The number of nitrogens with zero attached hydrogens (tertiary/aromatic N) is 1. The fourth-order valence-electron chi connectivity index (χ4n) is 3.27. The molecule has 2 rings (SSSR count). The standard InChI is InChI=1S/C13H23NO3/c15-12-8-4-3-6-10(12)14-9-5-1-2-7-11(14)13(16)17/h10-12,15H,1-9H2,(H,16,17). The van der Waals surface area contributed by atoms with E-state index in [-0.39, 0.29) is 18.2 Å². The molecule has 17 heavy (non-hydrogen) atoms. The molecule has 0 aromatic rings. The minimum Gasteiger partial charge on any atom is -0.480 e. The fourth-order valence-corrected chi connectivity index (χ4v) is 3.27. The Balaban J connectivity index is 2.10. The van der Waals surface area contributed by atoms with Crippen molar-refractivity contribution in [3.05, 3.63) is 0 Å². The number of likely N-dealkylation sites (tertiary alicyclic amines) is 1. The Morgan fingerprint density at radius 2 is 1.71 bits per heavy atom. The van der Waals surface area contributed by atoms with E-state index < -0.39 is 5.97 Å². The summed E-state index contributed by atoms with van der Waals surface area (Å²) < 4.78 is 0. The first kappa shape index (κ1) is 12.8. The van der Waals surface area contributed by atoms with Gasteiger partial charge >= 0.3 is 5.97 Å². The highest BCUT2D eigenvalue weighted by atomic mass is 16.4. The Hall–Kier alpha value is -0.610. The summed E-state index contributed by atoms with van der Waals surface area (Å²) >= 11 is 0. The maximum Gasteiger partial charge on any atom is 0.320 e. The minimum absolute atomic E-state index is 0.0722. The predicted molar refractivity (Wildman–Crippen MR) is 64.9 cm³/mol. The van der Waals surface area contributed by atoms with Gasteiger partial charge < -0.3 is 10.2 Å². The largest absolute Gasteiger partial charge is 0.480 e. The van der Waals surface area contributed by atoms with Gasteiger partial charge in [-0.15, -0.1) is 0 Å². The van der Waals surface area contributed by atoms with Gasteiger partial charge in [0.25, 0.3) is 0 Å². The Morgan fingerprint density at radius 1 is 1.00 bits per heavy atom. The molecule has 1 saturated heterocycles. The number of aliphatic hydroxyl groups excluding tert-OH is 1. The number of rotatable bonds is 2. The van der Waals surface area contributed by atoms with E-state index >= 15 is 0 Å². The molecule has 0 aromatic carbocycles. The van der Waals surface area contributed by atoms with Crippen molar-refractivity contribution in [2.75, 3.05) is 6.54 Å². The summed E-state index contributed by atoms with van der Waals surface area (Å²) in [5.41, 5.74) is 0. The van der Waals surface area contributed by atoms with Crippen LogP contribution in [0.15, 0.2) is 0 Å². The lowest BCUT2D eigenvalue weighted by molar-refractivity contribution is -0.146. The van der Waals surface area contributed by atoms with Crippen LogP contribution >= 0.6 is 0 Å². The zero-order valence-electron chi connectivity index (χ0n) is 10.3. The van der Waals surface area contributed by atoms with Crippen LogP contribution in [0.3, 0.4) is 0 Å². The lowest BCUT2D eigenvalue weighted by atomic mass is 9.90. The molecule has 1 aliphatic heterocycles. The first-order valence-electron chi connectivity index (χ1n) is 6.87. The van der Waals surface area contributed by atoms with Gasteiger partial charge in [0.1, 0.15) is 6.04 Å². The molecule has 1 aliphatic carbocycles. The maximum atomic E-state index is 11.3. The second-order valence-corrected chi connectivity index (χ2v) is 5.36. The summed E-state index contributed by atoms with van der Waals surface area (Å²) in [6, 6.07) is -0.307. The second kappa shape index (κ2) is 5.83. The van der Waals surface area contributed by atoms with Gasteiger partial charge in [-0.3, -0.25) is 9.69 Å². The average Bonchev–Trinajstić information content (AvgIpc) is 2.55. The number of carboxylic acid groups (broad SMARTS) is 1. The molecule has 2 aliphatic rings. The van der Waals surface area contributed by atoms with Gasteiger partial charge in [-0.1, -0.05) is 25.7 Å². The Bertz CT molecular complexity index is 269. The van der Waals surface area contributed by atoms with Crippen LogP contribution in [-0.4, -0.2) is 45.8 Å². The Morgan fingerprint density at radius 3 is 2.41 bits per heavy atom.